The third-order valence-electron chi connectivity index (χ3n) is 6.34. The van der Waals surface area contributed by atoms with Crippen molar-refractivity contribution in [2.45, 2.75) is 12.6 Å². The van der Waals surface area contributed by atoms with Gasteiger partial charge in [-0.05, 0) is 42.0 Å². The molecule has 0 spiro atoms. The van der Waals surface area contributed by atoms with Crippen LogP contribution in [0.5, 0.6) is 5.75 Å². The van der Waals surface area contributed by atoms with Gasteiger partial charge in [0.05, 0.1) is 31.7 Å². The van der Waals surface area contributed by atoms with E-state index in [9.17, 15) is 4.79 Å². The van der Waals surface area contributed by atoms with Crippen LogP contribution < -0.4 is 4.74 Å². The average Bonchev–Trinajstić information content (AvgIpc) is 3.57. The number of amides is 1. The summed E-state index contributed by atoms with van der Waals surface area (Å²) < 4.78 is 11.1. The summed E-state index contributed by atoms with van der Waals surface area (Å²) in [4.78, 5) is 19.1. The Hall–Kier alpha value is -4.25. The Morgan fingerprint density at radius 1 is 0.970 bits per heavy atom. The topological polar surface area (TPSA) is 58.5 Å². The van der Waals surface area contributed by atoms with E-state index in [1.54, 1.807) is 13.4 Å². The minimum absolute atomic E-state index is 0.00822. The molecule has 2 aromatic heterocycles. The highest BCUT2D eigenvalue weighted by Gasteiger charge is 2.40. The van der Waals surface area contributed by atoms with Crippen LogP contribution in [0.15, 0.2) is 95.6 Å². The summed E-state index contributed by atoms with van der Waals surface area (Å²) in [6, 6.07) is 27.6. The molecule has 162 valence electrons. The zero-order valence-electron chi connectivity index (χ0n) is 18.1. The second kappa shape index (κ2) is 7.71. The van der Waals surface area contributed by atoms with Gasteiger partial charge in [-0.2, -0.15) is 0 Å². The van der Waals surface area contributed by atoms with Crippen LogP contribution in [0.4, 0.5) is 0 Å². The van der Waals surface area contributed by atoms with Crippen LogP contribution in [0.3, 0.4) is 0 Å². The Morgan fingerprint density at radius 2 is 1.82 bits per heavy atom. The second-order valence-electron chi connectivity index (χ2n) is 8.19. The predicted molar refractivity (Wildman–Crippen MR) is 127 cm³/mol. The number of hydrogen-bond acceptors (Lipinski definition) is 3. The molecule has 0 bridgehead atoms. The summed E-state index contributed by atoms with van der Waals surface area (Å²) >= 11 is 0. The third kappa shape index (κ3) is 3.12. The quantitative estimate of drug-likeness (QED) is 0.359. The van der Waals surface area contributed by atoms with E-state index in [1.165, 1.54) is 0 Å². The lowest BCUT2D eigenvalue weighted by atomic mass is 9.93. The first-order valence-electron chi connectivity index (χ1n) is 10.9. The molecule has 33 heavy (non-hydrogen) atoms. The fourth-order valence-corrected chi connectivity index (χ4v) is 4.87. The van der Waals surface area contributed by atoms with Crippen LogP contribution in [0, 0.1) is 0 Å². The van der Waals surface area contributed by atoms with Crippen LogP contribution in [-0.4, -0.2) is 22.9 Å². The Balaban J connectivity index is 1.61. The third-order valence-corrected chi connectivity index (χ3v) is 6.34. The van der Waals surface area contributed by atoms with Crippen molar-refractivity contribution in [2.75, 3.05) is 7.11 Å². The number of H-pyrrole nitrogens is 1. The number of benzene rings is 3. The zero-order chi connectivity index (χ0) is 22.4. The van der Waals surface area contributed by atoms with Gasteiger partial charge in [0.25, 0.3) is 5.91 Å². The standard InChI is InChI=1S/C28H22N2O3/c1-32-19-9-6-8-18(16-19)26-25(23-13-4-5-14-24(23)29-26)27-21-11-2-3-12-22(21)28(31)30(27)17-20-10-7-15-33-20/h2-16,27,29H,17H2,1H3/t27-/m1/s1. The highest BCUT2D eigenvalue weighted by molar-refractivity contribution is 6.02. The van der Waals surface area contributed by atoms with E-state index < -0.39 is 0 Å². The van der Waals surface area contributed by atoms with Gasteiger partial charge < -0.3 is 19.0 Å². The van der Waals surface area contributed by atoms with E-state index in [-0.39, 0.29) is 11.9 Å². The Morgan fingerprint density at radius 3 is 2.67 bits per heavy atom. The molecule has 1 aliphatic heterocycles. The molecule has 3 aromatic carbocycles. The maximum Gasteiger partial charge on any atom is 0.255 e. The van der Waals surface area contributed by atoms with Crippen LogP contribution >= 0.6 is 0 Å². The first-order chi connectivity index (χ1) is 16.2. The summed E-state index contributed by atoms with van der Waals surface area (Å²) in [6.07, 6.45) is 1.64. The summed E-state index contributed by atoms with van der Waals surface area (Å²) in [7, 11) is 1.67. The van der Waals surface area contributed by atoms with Crippen molar-refractivity contribution < 1.29 is 13.9 Å². The molecule has 0 radical (unpaired) electrons. The molecule has 0 saturated carbocycles. The van der Waals surface area contributed by atoms with Crippen LogP contribution in [-0.2, 0) is 6.54 Å². The maximum atomic E-state index is 13.6. The molecule has 1 N–H and O–H groups in total. The van der Waals surface area contributed by atoms with E-state index >= 15 is 0 Å². The number of carbonyl (C=O) groups excluding carboxylic acids is 1. The molecule has 1 amide bonds. The highest BCUT2D eigenvalue weighted by atomic mass is 16.5. The number of nitrogens with one attached hydrogen (secondary N) is 1. The molecule has 1 aliphatic rings. The Labute approximate surface area is 191 Å². The summed E-state index contributed by atoms with van der Waals surface area (Å²) in [6.45, 7) is 0.391. The number of hydrogen-bond donors (Lipinski definition) is 1. The van der Waals surface area contributed by atoms with Crippen LogP contribution in [0.25, 0.3) is 22.2 Å². The van der Waals surface area contributed by atoms with Gasteiger partial charge in [0.15, 0.2) is 0 Å². The highest BCUT2D eigenvalue weighted by Crippen LogP contribution is 2.46. The van der Waals surface area contributed by atoms with E-state index in [2.05, 4.69) is 29.2 Å². The van der Waals surface area contributed by atoms with Crippen molar-refractivity contribution in [3.8, 4) is 17.0 Å². The van der Waals surface area contributed by atoms with Crippen molar-refractivity contribution in [2.24, 2.45) is 0 Å². The zero-order valence-corrected chi connectivity index (χ0v) is 18.1. The minimum Gasteiger partial charge on any atom is -0.497 e. The Kier molecular flexibility index (Phi) is 4.54. The summed E-state index contributed by atoms with van der Waals surface area (Å²) in [5.74, 6) is 1.55. The van der Waals surface area contributed by atoms with Crippen molar-refractivity contribution in [1.82, 2.24) is 9.88 Å². The van der Waals surface area contributed by atoms with E-state index in [4.69, 9.17) is 9.15 Å². The van der Waals surface area contributed by atoms with Crippen molar-refractivity contribution in [3.05, 3.63) is 114 Å². The number of para-hydroxylation sites is 1. The maximum absolute atomic E-state index is 13.6. The molecule has 0 unspecified atom stereocenters. The van der Waals surface area contributed by atoms with Gasteiger partial charge in [0, 0.05) is 27.6 Å². The number of fused-ring (bicyclic) bond motifs is 2. The lowest BCUT2D eigenvalue weighted by Gasteiger charge is -2.26. The van der Waals surface area contributed by atoms with Gasteiger partial charge in [-0.1, -0.05) is 48.5 Å². The number of methoxy groups -OCH3 is 1. The Bertz CT molecular complexity index is 1470. The smallest absolute Gasteiger partial charge is 0.255 e. The largest absolute Gasteiger partial charge is 0.497 e. The molecule has 0 fully saturated rings. The molecule has 3 heterocycles. The fraction of sp³-hybridized carbons (Fsp3) is 0.107. The SMILES string of the molecule is COc1cccc(-c2[nH]c3ccccc3c2[C@H]2c3ccccc3C(=O)N2Cc2ccco2)c1. The van der Waals surface area contributed by atoms with Gasteiger partial charge >= 0.3 is 0 Å². The average molecular weight is 434 g/mol. The molecular formula is C28H22N2O3. The normalized spacial score (nSPS) is 15.2. The molecule has 5 nitrogen and oxygen atoms in total. The number of furan rings is 1. The molecule has 6 rings (SSSR count). The van der Waals surface area contributed by atoms with Gasteiger partial charge in [-0.3, -0.25) is 4.79 Å². The van der Waals surface area contributed by atoms with Crippen molar-refractivity contribution in [3.63, 3.8) is 0 Å². The van der Waals surface area contributed by atoms with Gasteiger partial charge in [0.1, 0.15) is 11.5 Å². The van der Waals surface area contributed by atoms with Gasteiger partial charge in [0.2, 0.25) is 0 Å². The first-order valence-corrected chi connectivity index (χ1v) is 10.9. The van der Waals surface area contributed by atoms with Crippen LogP contribution in [0.2, 0.25) is 0 Å². The van der Waals surface area contributed by atoms with E-state index in [1.807, 2.05) is 65.6 Å². The summed E-state index contributed by atoms with van der Waals surface area (Å²) in [5, 5.41) is 1.09. The predicted octanol–water partition coefficient (Wildman–Crippen LogP) is 6.18. The fourth-order valence-electron chi connectivity index (χ4n) is 4.87. The number of nitrogens with zero attached hydrogens (tertiary/aromatic N) is 1. The molecule has 1 atom stereocenters. The van der Waals surface area contributed by atoms with Gasteiger partial charge in [-0.15, -0.1) is 0 Å². The number of aromatic nitrogens is 1. The number of rotatable bonds is 5. The molecule has 5 aromatic rings. The lowest BCUT2D eigenvalue weighted by Crippen LogP contribution is -2.28. The van der Waals surface area contributed by atoms with Crippen LogP contribution in [0.1, 0.15) is 33.3 Å². The molecular weight excluding hydrogens is 412 g/mol. The monoisotopic (exact) mass is 434 g/mol. The molecule has 0 aliphatic carbocycles. The second-order valence-corrected chi connectivity index (χ2v) is 8.19. The van der Waals surface area contributed by atoms with E-state index in [0.29, 0.717) is 6.54 Å². The number of ether oxygens (including phenoxy) is 1. The molecule has 0 saturated heterocycles. The van der Waals surface area contributed by atoms with E-state index in [0.717, 1.165) is 50.4 Å². The first kappa shape index (κ1) is 19.4. The minimum atomic E-state index is -0.254. The number of carbonyl (C=O) groups is 1. The van der Waals surface area contributed by atoms with Gasteiger partial charge in [-0.25, -0.2) is 0 Å². The number of aromatic amines is 1. The van der Waals surface area contributed by atoms with Crippen molar-refractivity contribution in [1.29, 1.82) is 0 Å². The lowest BCUT2D eigenvalue weighted by molar-refractivity contribution is 0.0724. The van der Waals surface area contributed by atoms with Crippen molar-refractivity contribution >= 4 is 16.8 Å². The summed E-state index contributed by atoms with van der Waals surface area (Å²) in [5.41, 5.74) is 5.83. The molecule has 5 heteroatoms.